The number of carbonyl (C=O) groups is 2. The average Bonchev–Trinajstić information content (AvgIpc) is 3.38. The molecule has 1 unspecified atom stereocenters. The molecule has 1 saturated heterocycles. The Hall–Kier alpha value is -3.01. The fraction of sp³-hybridized carbons (Fsp3) is 0.385. The molecule has 0 radical (unpaired) electrons. The molecule has 3 aromatic rings. The van der Waals surface area contributed by atoms with E-state index in [4.69, 9.17) is 16.3 Å². The first-order chi connectivity index (χ1) is 17.5. The molecular formula is C26H30ClN5O3S. The molecule has 190 valence electrons. The Labute approximate surface area is 219 Å². The molecule has 1 atom stereocenters. The summed E-state index contributed by atoms with van der Waals surface area (Å²) in [5, 5.41) is 9.81. The van der Waals surface area contributed by atoms with Crippen molar-refractivity contribution in [3.8, 4) is 0 Å². The Morgan fingerprint density at radius 2 is 2.03 bits per heavy atom. The quantitative estimate of drug-likeness (QED) is 0.362. The van der Waals surface area contributed by atoms with Crippen molar-refractivity contribution in [2.75, 3.05) is 18.5 Å². The number of anilines is 1. The standard InChI is InChI=1S/C26H30ClN5O3S/c1-17-22(12-20(27)15-29-17)30-16-21-4-5-24(36-21)26(34)32-23(11-18-6-9-35-10-7-18)25(33)31-14-19-3-2-8-28-13-19/h2-5,8,12-13,15,18,23,30H,6-7,9-11,14,16H2,1H3,(H,31,33)(H,32,34). The lowest BCUT2D eigenvalue weighted by molar-refractivity contribution is -0.123. The number of carbonyl (C=O) groups excluding carboxylic acids is 2. The molecule has 2 amide bonds. The number of thiophene rings is 1. The fourth-order valence-corrected chi connectivity index (χ4v) is 5.06. The second-order valence-electron chi connectivity index (χ2n) is 8.80. The van der Waals surface area contributed by atoms with Crippen molar-refractivity contribution in [2.24, 2.45) is 5.92 Å². The monoisotopic (exact) mass is 527 g/mol. The Bertz CT molecular complexity index is 1170. The van der Waals surface area contributed by atoms with Crippen LogP contribution in [0.1, 0.15) is 45.1 Å². The van der Waals surface area contributed by atoms with E-state index in [1.807, 2.05) is 31.2 Å². The van der Waals surface area contributed by atoms with Crippen LogP contribution in [0.2, 0.25) is 5.02 Å². The van der Waals surface area contributed by atoms with Gasteiger partial charge < -0.3 is 20.7 Å². The van der Waals surface area contributed by atoms with E-state index in [0.29, 0.717) is 48.5 Å². The molecular weight excluding hydrogens is 498 g/mol. The second-order valence-corrected chi connectivity index (χ2v) is 10.4. The average molecular weight is 528 g/mol. The number of nitrogens with zero attached hydrogens (tertiary/aromatic N) is 2. The number of hydrogen-bond acceptors (Lipinski definition) is 7. The van der Waals surface area contributed by atoms with Crippen LogP contribution in [0.15, 0.2) is 48.9 Å². The van der Waals surface area contributed by atoms with Gasteiger partial charge in [0.15, 0.2) is 0 Å². The Balaban J connectivity index is 1.38. The Morgan fingerprint density at radius 1 is 1.19 bits per heavy atom. The van der Waals surface area contributed by atoms with Crippen molar-refractivity contribution in [2.45, 2.75) is 45.3 Å². The molecule has 0 spiro atoms. The van der Waals surface area contributed by atoms with Gasteiger partial charge >= 0.3 is 0 Å². The molecule has 4 rings (SSSR count). The number of ether oxygens (including phenoxy) is 1. The van der Waals surface area contributed by atoms with Crippen molar-refractivity contribution in [3.63, 3.8) is 0 Å². The molecule has 0 bridgehead atoms. The van der Waals surface area contributed by atoms with Crippen LogP contribution in [0.25, 0.3) is 0 Å². The highest BCUT2D eigenvalue weighted by molar-refractivity contribution is 7.14. The minimum absolute atomic E-state index is 0.193. The molecule has 1 aliphatic rings. The summed E-state index contributed by atoms with van der Waals surface area (Å²) in [7, 11) is 0. The maximum absolute atomic E-state index is 13.1. The van der Waals surface area contributed by atoms with Crippen LogP contribution in [0, 0.1) is 12.8 Å². The van der Waals surface area contributed by atoms with Gasteiger partial charge in [-0.3, -0.25) is 19.6 Å². The molecule has 1 fully saturated rings. The van der Waals surface area contributed by atoms with E-state index in [2.05, 4.69) is 25.9 Å². The summed E-state index contributed by atoms with van der Waals surface area (Å²) in [5.74, 6) is -0.118. The normalized spacial score (nSPS) is 14.7. The number of pyridine rings is 2. The van der Waals surface area contributed by atoms with Gasteiger partial charge in [-0.2, -0.15) is 0 Å². The number of hydrogen-bond donors (Lipinski definition) is 3. The van der Waals surface area contributed by atoms with E-state index in [0.717, 1.165) is 34.7 Å². The highest BCUT2D eigenvalue weighted by Crippen LogP contribution is 2.23. The van der Waals surface area contributed by atoms with E-state index in [1.54, 1.807) is 24.7 Å². The second kappa shape index (κ2) is 12.8. The third-order valence-electron chi connectivity index (χ3n) is 6.11. The SMILES string of the molecule is Cc1ncc(Cl)cc1NCc1ccc(C(=O)NC(CC2CCOCC2)C(=O)NCc2cccnc2)s1. The lowest BCUT2D eigenvalue weighted by Crippen LogP contribution is -2.47. The lowest BCUT2D eigenvalue weighted by Gasteiger charge is -2.26. The maximum atomic E-state index is 13.1. The van der Waals surface area contributed by atoms with Crippen LogP contribution in [-0.2, 0) is 22.6 Å². The topological polar surface area (TPSA) is 105 Å². The van der Waals surface area contributed by atoms with Crippen LogP contribution >= 0.6 is 22.9 Å². The summed E-state index contributed by atoms with van der Waals surface area (Å²) in [6.45, 7) is 4.18. The first kappa shape index (κ1) is 26.1. The molecule has 10 heteroatoms. The molecule has 3 N–H and O–H groups in total. The van der Waals surface area contributed by atoms with Crippen molar-refractivity contribution >= 4 is 40.4 Å². The molecule has 3 aromatic heterocycles. The Morgan fingerprint density at radius 3 is 2.81 bits per heavy atom. The van der Waals surface area contributed by atoms with E-state index in [1.165, 1.54) is 11.3 Å². The highest BCUT2D eigenvalue weighted by atomic mass is 35.5. The van der Waals surface area contributed by atoms with Gasteiger partial charge in [-0.15, -0.1) is 11.3 Å². The third-order valence-corrected chi connectivity index (χ3v) is 7.40. The van der Waals surface area contributed by atoms with Crippen molar-refractivity contribution < 1.29 is 14.3 Å². The van der Waals surface area contributed by atoms with Gasteiger partial charge in [-0.1, -0.05) is 17.7 Å². The molecule has 36 heavy (non-hydrogen) atoms. The summed E-state index contributed by atoms with van der Waals surface area (Å²) in [6, 6.07) is 8.64. The number of aromatic nitrogens is 2. The minimum atomic E-state index is -0.624. The number of halogens is 1. The number of rotatable bonds is 10. The van der Waals surface area contributed by atoms with Crippen LogP contribution in [0.3, 0.4) is 0 Å². The van der Waals surface area contributed by atoms with Crippen LogP contribution < -0.4 is 16.0 Å². The smallest absolute Gasteiger partial charge is 0.262 e. The number of aryl methyl sites for hydroxylation is 1. The number of nitrogens with one attached hydrogen (secondary N) is 3. The summed E-state index contributed by atoms with van der Waals surface area (Å²) in [6.07, 6.45) is 7.36. The van der Waals surface area contributed by atoms with Gasteiger partial charge in [-0.25, -0.2) is 0 Å². The first-order valence-corrected chi connectivity index (χ1v) is 13.2. The van der Waals surface area contributed by atoms with Gasteiger partial charge in [-0.05, 0) is 61.9 Å². The first-order valence-electron chi connectivity index (χ1n) is 12.0. The van der Waals surface area contributed by atoms with Crippen LogP contribution in [-0.4, -0.2) is 41.0 Å². The molecule has 1 aliphatic heterocycles. The fourth-order valence-electron chi connectivity index (χ4n) is 4.06. The molecule has 0 aromatic carbocycles. The van der Waals surface area contributed by atoms with Crippen molar-refractivity contribution in [1.29, 1.82) is 0 Å². The predicted octanol–water partition coefficient (Wildman–Crippen LogP) is 4.34. The minimum Gasteiger partial charge on any atom is -0.381 e. The van der Waals surface area contributed by atoms with Crippen molar-refractivity contribution in [3.05, 3.63) is 75.0 Å². The molecule has 4 heterocycles. The van der Waals surface area contributed by atoms with Gasteiger partial charge in [0, 0.05) is 49.8 Å². The van der Waals surface area contributed by atoms with Gasteiger partial charge in [0.05, 0.1) is 21.3 Å². The third kappa shape index (κ3) is 7.49. The van der Waals surface area contributed by atoms with Gasteiger partial charge in [0.2, 0.25) is 5.91 Å². The summed E-state index contributed by atoms with van der Waals surface area (Å²) in [4.78, 5) is 36.1. The zero-order valence-corrected chi connectivity index (χ0v) is 21.7. The number of amides is 2. The molecule has 0 aliphatic carbocycles. The maximum Gasteiger partial charge on any atom is 0.262 e. The van der Waals surface area contributed by atoms with E-state index in [-0.39, 0.29) is 11.8 Å². The van der Waals surface area contributed by atoms with Gasteiger partial charge in [0.1, 0.15) is 6.04 Å². The van der Waals surface area contributed by atoms with Crippen molar-refractivity contribution in [1.82, 2.24) is 20.6 Å². The Kier molecular flexibility index (Phi) is 9.27. The lowest BCUT2D eigenvalue weighted by atomic mass is 9.92. The van der Waals surface area contributed by atoms with Crippen LogP contribution in [0.5, 0.6) is 0 Å². The van der Waals surface area contributed by atoms with E-state index < -0.39 is 6.04 Å². The summed E-state index contributed by atoms with van der Waals surface area (Å²) < 4.78 is 5.46. The van der Waals surface area contributed by atoms with E-state index in [9.17, 15) is 9.59 Å². The largest absolute Gasteiger partial charge is 0.381 e. The molecule has 8 nitrogen and oxygen atoms in total. The summed E-state index contributed by atoms with van der Waals surface area (Å²) in [5.41, 5.74) is 2.61. The van der Waals surface area contributed by atoms with Crippen LogP contribution in [0.4, 0.5) is 5.69 Å². The zero-order chi connectivity index (χ0) is 25.3. The van der Waals surface area contributed by atoms with Gasteiger partial charge in [0.25, 0.3) is 5.91 Å². The predicted molar refractivity (Wildman–Crippen MR) is 141 cm³/mol. The van der Waals surface area contributed by atoms with E-state index >= 15 is 0 Å². The highest BCUT2D eigenvalue weighted by Gasteiger charge is 2.27. The summed E-state index contributed by atoms with van der Waals surface area (Å²) >= 11 is 7.44. The molecule has 0 saturated carbocycles. The zero-order valence-electron chi connectivity index (χ0n) is 20.1.